The van der Waals surface area contributed by atoms with Gasteiger partial charge in [-0.15, -0.1) is 0 Å². The third-order valence-electron chi connectivity index (χ3n) is 6.07. The van der Waals surface area contributed by atoms with Gasteiger partial charge in [-0.3, -0.25) is 0 Å². The molecule has 0 aliphatic carbocycles. The molecule has 0 amide bonds. The van der Waals surface area contributed by atoms with E-state index in [1.165, 1.54) is 33.4 Å². The summed E-state index contributed by atoms with van der Waals surface area (Å²) in [6.07, 6.45) is 0. The normalized spacial score (nSPS) is 11.0. The molecule has 2 nitrogen and oxygen atoms in total. The van der Waals surface area contributed by atoms with Gasteiger partial charge in [0.25, 0.3) is 0 Å². The van der Waals surface area contributed by atoms with Crippen LogP contribution < -0.4 is 4.74 Å². The lowest BCUT2D eigenvalue weighted by Gasteiger charge is -2.21. The highest BCUT2D eigenvalue weighted by molar-refractivity contribution is 5.55. The minimum Gasteiger partial charge on any atom is -0.507 e. The monoisotopic (exact) mass is 326 g/mol. The Kier molecular flexibility index (Phi) is 4.98. The zero-order chi connectivity index (χ0) is 18.3. The molecule has 0 saturated heterocycles. The van der Waals surface area contributed by atoms with Crippen molar-refractivity contribution in [2.45, 2.75) is 68.9 Å². The number of hydrogen-bond acceptors (Lipinski definition) is 2. The molecule has 0 spiro atoms. The van der Waals surface area contributed by atoms with Crippen molar-refractivity contribution in [1.82, 2.24) is 0 Å². The zero-order valence-corrected chi connectivity index (χ0v) is 16.6. The van der Waals surface area contributed by atoms with Crippen molar-refractivity contribution in [3.8, 4) is 11.5 Å². The van der Waals surface area contributed by atoms with Crippen molar-refractivity contribution < 1.29 is 9.84 Å². The van der Waals surface area contributed by atoms with Crippen LogP contribution in [-0.4, -0.2) is 5.11 Å². The second-order valence-corrected chi connectivity index (χ2v) is 7.07. The molecule has 0 atom stereocenters. The lowest BCUT2D eigenvalue weighted by Crippen LogP contribution is -2.07. The van der Waals surface area contributed by atoms with E-state index in [9.17, 15) is 5.11 Å². The summed E-state index contributed by atoms with van der Waals surface area (Å²) in [6, 6.07) is 0. The Morgan fingerprint density at radius 3 is 1.42 bits per heavy atom. The van der Waals surface area contributed by atoms with Crippen LogP contribution in [0.15, 0.2) is 0 Å². The Hall–Kier alpha value is -1.96. The van der Waals surface area contributed by atoms with E-state index in [0.29, 0.717) is 12.4 Å². The standard InChI is InChI=1S/C22H30O2/c1-11-14(4)18(8)22(19(9)15(11)5)24-10-20-16(6)12(2)13(3)17(7)21(20)23/h23H,10H2,1-9H3. The van der Waals surface area contributed by atoms with Crippen LogP contribution in [0.3, 0.4) is 0 Å². The van der Waals surface area contributed by atoms with E-state index in [-0.39, 0.29) is 0 Å². The second-order valence-electron chi connectivity index (χ2n) is 7.07. The largest absolute Gasteiger partial charge is 0.507 e. The van der Waals surface area contributed by atoms with Crippen molar-refractivity contribution in [2.24, 2.45) is 0 Å². The van der Waals surface area contributed by atoms with E-state index >= 15 is 0 Å². The number of phenolic OH excluding ortho intramolecular Hbond substituents is 1. The Bertz CT molecular complexity index is 686. The molecule has 0 fully saturated rings. The van der Waals surface area contributed by atoms with Gasteiger partial charge in [-0.1, -0.05) is 0 Å². The van der Waals surface area contributed by atoms with Crippen LogP contribution >= 0.6 is 0 Å². The fourth-order valence-electron chi connectivity index (χ4n) is 3.37. The topological polar surface area (TPSA) is 29.5 Å². The van der Waals surface area contributed by atoms with Crippen LogP contribution in [0.25, 0.3) is 0 Å². The SMILES string of the molecule is Cc1c(C)c(C)c(OCc2c(C)c(C)c(C)c(C)c2O)c(C)c1C. The maximum absolute atomic E-state index is 10.6. The number of aromatic hydroxyl groups is 1. The van der Waals surface area contributed by atoms with Gasteiger partial charge in [0.1, 0.15) is 18.1 Å². The van der Waals surface area contributed by atoms with Crippen molar-refractivity contribution in [3.63, 3.8) is 0 Å². The predicted octanol–water partition coefficient (Wildman–Crippen LogP) is 5.75. The van der Waals surface area contributed by atoms with E-state index in [0.717, 1.165) is 28.0 Å². The van der Waals surface area contributed by atoms with Gasteiger partial charge in [-0.05, 0) is 112 Å². The van der Waals surface area contributed by atoms with Gasteiger partial charge in [0, 0.05) is 5.56 Å². The first kappa shape index (κ1) is 18.4. The number of benzene rings is 2. The molecule has 0 aliphatic rings. The van der Waals surface area contributed by atoms with Gasteiger partial charge in [0.2, 0.25) is 0 Å². The van der Waals surface area contributed by atoms with Crippen molar-refractivity contribution in [3.05, 3.63) is 55.6 Å². The maximum atomic E-state index is 10.6. The number of rotatable bonds is 3. The summed E-state index contributed by atoms with van der Waals surface area (Å²) in [7, 11) is 0. The summed E-state index contributed by atoms with van der Waals surface area (Å²) >= 11 is 0. The van der Waals surface area contributed by atoms with Crippen LogP contribution in [0.1, 0.15) is 55.6 Å². The maximum Gasteiger partial charge on any atom is 0.126 e. The third-order valence-corrected chi connectivity index (χ3v) is 6.07. The van der Waals surface area contributed by atoms with Gasteiger partial charge in [-0.25, -0.2) is 0 Å². The first-order chi connectivity index (χ1) is 11.1. The molecule has 0 aliphatic heterocycles. The molecule has 0 radical (unpaired) electrons. The smallest absolute Gasteiger partial charge is 0.126 e. The summed E-state index contributed by atoms with van der Waals surface area (Å²) < 4.78 is 6.22. The molecule has 0 unspecified atom stereocenters. The molecule has 2 aromatic rings. The first-order valence-corrected chi connectivity index (χ1v) is 8.57. The van der Waals surface area contributed by atoms with Gasteiger partial charge in [0.05, 0.1) is 0 Å². The molecule has 0 saturated carbocycles. The highest BCUT2D eigenvalue weighted by Crippen LogP contribution is 2.36. The molecule has 0 heterocycles. The van der Waals surface area contributed by atoms with E-state index in [2.05, 4.69) is 55.4 Å². The molecule has 2 aromatic carbocycles. The molecule has 130 valence electrons. The van der Waals surface area contributed by atoms with E-state index in [4.69, 9.17) is 4.74 Å². The minimum absolute atomic E-state index is 0.367. The van der Waals surface area contributed by atoms with Gasteiger partial charge in [-0.2, -0.15) is 0 Å². The number of ether oxygens (including phenoxy) is 1. The quantitative estimate of drug-likeness (QED) is 0.778. The van der Waals surface area contributed by atoms with E-state index in [1.807, 2.05) is 6.92 Å². The van der Waals surface area contributed by atoms with E-state index in [1.54, 1.807) is 0 Å². The summed E-state index contributed by atoms with van der Waals surface area (Å²) in [5.74, 6) is 1.32. The summed E-state index contributed by atoms with van der Waals surface area (Å²) in [4.78, 5) is 0. The van der Waals surface area contributed by atoms with Gasteiger partial charge in [0.15, 0.2) is 0 Å². The van der Waals surface area contributed by atoms with Crippen LogP contribution in [0.5, 0.6) is 11.5 Å². The van der Waals surface area contributed by atoms with Crippen LogP contribution in [0.4, 0.5) is 0 Å². The average Bonchev–Trinajstić information content (AvgIpc) is 2.57. The fourth-order valence-corrected chi connectivity index (χ4v) is 3.37. The Morgan fingerprint density at radius 2 is 0.917 bits per heavy atom. The number of phenols is 1. The summed E-state index contributed by atoms with van der Waals surface area (Å²) in [6.45, 7) is 19.3. The van der Waals surface area contributed by atoms with Crippen molar-refractivity contribution in [1.29, 1.82) is 0 Å². The molecule has 0 bridgehead atoms. The van der Waals surface area contributed by atoms with Crippen LogP contribution in [-0.2, 0) is 6.61 Å². The second kappa shape index (κ2) is 6.51. The summed E-state index contributed by atoms with van der Waals surface area (Å²) in [5.41, 5.74) is 11.6. The zero-order valence-electron chi connectivity index (χ0n) is 16.6. The van der Waals surface area contributed by atoms with Crippen LogP contribution in [0.2, 0.25) is 0 Å². The molecule has 2 heteroatoms. The van der Waals surface area contributed by atoms with Crippen molar-refractivity contribution in [2.75, 3.05) is 0 Å². The Labute approximate surface area is 146 Å². The van der Waals surface area contributed by atoms with Crippen molar-refractivity contribution >= 4 is 0 Å². The Morgan fingerprint density at radius 1 is 0.542 bits per heavy atom. The molecule has 1 N–H and O–H groups in total. The highest BCUT2D eigenvalue weighted by Gasteiger charge is 2.17. The minimum atomic E-state index is 0.367. The Balaban J connectivity index is 2.48. The van der Waals surface area contributed by atoms with Gasteiger partial charge >= 0.3 is 0 Å². The number of hydrogen-bond donors (Lipinski definition) is 1. The third kappa shape index (κ3) is 2.79. The lowest BCUT2D eigenvalue weighted by molar-refractivity contribution is 0.293. The molecular weight excluding hydrogens is 296 g/mol. The predicted molar refractivity (Wildman–Crippen MR) is 102 cm³/mol. The van der Waals surface area contributed by atoms with Crippen LogP contribution in [0, 0.1) is 62.3 Å². The lowest BCUT2D eigenvalue weighted by atomic mass is 9.93. The summed E-state index contributed by atoms with van der Waals surface area (Å²) in [5, 5.41) is 10.6. The molecule has 0 aromatic heterocycles. The van der Waals surface area contributed by atoms with Gasteiger partial charge < -0.3 is 9.84 Å². The fraction of sp³-hybridized carbons (Fsp3) is 0.455. The van der Waals surface area contributed by atoms with E-state index < -0.39 is 0 Å². The molecule has 2 rings (SSSR count). The first-order valence-electron chi connectivity index (χ1n) is 8.57. The average molecular weight is 326 g/mol. The molecular formula is C22H30O2. The molecule has 24 heavy (non-hydrogen) atoms. The highest BCUT2D eigenvalue weighted by atomic mass is 16.5.